The van der Waals surface area contributed by atoms with E-state index in [1.165, 1.54) is 30.4 Å². The largest absolute Gasteiger partial charge is 0.381 e. The van der Waals surface area contributed by atoms with E-state index >= 15 is 0 Å². The van der Waals surface area contributed by atoms with Crippen molar-refractivity contribution < 1.29 is 13.2 Å². The van der Waals surface area contributed by atoms with Crippen molar-refractivity contribution in [2.24, 2.45) is 0 Å². The second kappa shape index (κ2) is 8.64. The summed E-state index contributed by atoms with van der Waals surface area (Å²) >= 11 is 1.38. The van der Waals surface area contributed by atoms with Gasteiger partial charge in [0, 0.05) is 42.2 Å². The van der Waals surface area contributed by atoms with E-state index in [4.69, 9.17) is 5.26 Å². The van der Waals surface area contributed by atoms with E-state index in [0.29, 0.717) is 29.1 Å². The number of hydrogen-bond acceptors (Lipinski definition) is 8. The number of nitrogens with zero attached hydrogens (tertiary/aromatic N) is 3. The lowest BCUT2D eigenvalue weighted by Crippen LogP contribution is -2.49. The first kappa shape index (κ1) is 22.2. The fraction of sp³-hybridized carbons (Fsp3) is 0.217. The Hall–Kier alpha value is -3.59. The van der Waals surface area contributed by atoms with Crippen molar-refractivity contribution in [2.45, 2.75) is 36.7 Å². The van der Waals surface area contributed by atoms with Crippen LogP contribution in [0.4, 0.5) is 5.69 Å². The van der Waals surface area contributed by atoms with Crippen LogP contribution in [0.2, 0.25) is 0 Å². The van der Waals surface area contributed by atoms with Crippen LogP contribution in [-0.4, -0.2) is 41.2 Å². The maximum Gasteiger partial charge on any atom is 0.240 e. The SMILES string of the molecule is CC(=O)c1csc(-c2cnc3[nH]ccc3c2N[C@H]2C[C@H](NS(=O)(=O)c3cccc(C#N)c3)C2)n1. The molecule has 1 fully saturated rings. The van der Waals surface area contributed by atoms with Crippen LogP contribution >= 0.6 is 11.3 Å². The molecule has 0 atom stereocenters. The average molecular weight is 493 g/mol. The number of rotatable bonds is 7. The van der Waals surface area contributed by atoms with Gasteiger partial charge < -0.3 is 10.3 Å². The molecule has 0 saturated heterocycles. The van der Waals surface area contributed by atoms with Crippen molar-refractivity contribution in [3.05, 3.63) is 59.4 Å². The summed E-state index contributed by atoms with van der Waals surface area (Å²) in [6.45, 7) is 1.48. The molecule has 3 N–H and O–H groups in total. The second-order valence-corrected chi connectivity index (χ2v) is 10.7. The summed E-state index contributed by atoms with van der Waals surface area (Å²) in [7, 11) is -3.72. The summed E-state index contributed by atoms with van der Waals surface area (Å²) in [5, 5.41) is 15.9. The molecule has 4 aromatic rings. The van der Waals surface area contributed by atoms with Crippen LogP contribution < -0.4 is 10.0 Å². The van der Waals surface area contributed by atoms with Gasteiger partial charge in [0.05, 0.1) is 27.8 Å². The third-order valence-corrected chi connectivity index (χ3v) is 8.16. The molecule has 0 bridgehead atoms. The number of thiazole rings is 1. The maximum absolute atomic E-state index is 12.7. The molecular weight excluding hydrogens is 472 g/mol. The predicted molar refractivity (Wildman–Crippen MR) is 129 cm³/mol. The van der Waals surface area contributed by atoms with Gasteiger partial charge in [-0.1, -0.05) is 6.07 Å². The van der Waals surface area contributed by atoms with Gasteiger partial charge >= 0.3 is 0 Å². The summed E-state index contributed by atoms with van der Waals surface area (Å²) in [5.41, 5.74) is 3.08. The van der Waals surface area contributed by atoms with Gasteiger partial charge in [0.2, 0.25) is 10.0 Å². The number of carbonyl (C=O) groups excluding carboxylic acids is 1. The zero-order valence-corrected chi connectivity index (χ0v) is 19.7. The minimum atomic E-state index is -3.72. The molecular formula is C23H20N6O3S2. The number of hydrogen-bond donors (Lipinski definition) is 3. The molecule has 0 spiro atoms. The maximum atomic E-state index is 12.7. The van der Waals surface area contributed by atoms with Crippen LogP contribution in [0.15, 0.2) is 53.0 Å². The summed E-state index contributed by atoms with van der Waals surface area (Å²) in [4.78, 5) is 23.8. The zero-order valence-electron chi connectivity index (χ0n) is 18.1. The fourth-order valence-corrected chi connectivity index (χ4v) is 6.12. The van der Waals surface area contributed by atoms with Gasteiger partial charge in [0.25, 0.3) is 0 Å². The van der Waals surface area contributed by atoms with Crippen molar-refractivity contribution in [3.63, 3.8) is 0 Å². The number of ketones is 1. The standard InChI is InChI=1S/C23H20N6O3S2/c1-13(30)20-12-33-23(28-20)19-11-26-22-18(5-6-25-22)21(19)27-15-8-16(9-15)29-34(31,32)17-4-2-3-14(7-17)10-24/h2-7,11-12,15-16,29H,8-9H2,1H3,(H2,25,26,27)/t15-,16-. The molecule has 3 aromatic heterocycles. The van der Waals surface area contributed by atoms with E-state index in [0.717, 1.165) is 22.3 Å². The zero-order chi connectivity index (χ0) is 23.9. The molecule has 172 valence electrons. The molecule has 11 heteroatoms. The van der Waals surface area contributed by atoms with E-state index in [1.807, 2.05) is 18.3 Å². The van der Waals surface area contributed by atoms with E-state index < -0.39 is 10.0 Å². The van der Waals surface area contributed by atoms with Gasteiger partial charge in [-0.15, -0.1) is 11.3 Å². The van der Waals surface area contributed by atoms with Crippen molar-refractivity contribution >= 4 is 43.9 Å². The van der Waals surface area contributed by atoms with E-state index in [1.54, 1.807) is 23.7 Å². The monoisotopic (exact) mass is 492 g/mol. The van der Waals surface area contributed by atoms with Crippen LogP contribution in [0.1, 0.15) is 35.8 Å². The molecule has 0 amide bonds. The highest BCUT2D eigenvalue weighted by Crippen LogP contribution is 2.37. The number of nitrogens with one attached hydrogen (secondary N) is 3. The summed E-state index contributed by atoms with van der Waals surface area (Å²) in [6.07, 6.45) is 4.73. The van der Waals surface area contributed by atoms with Gasteiger partial charge in [-0.25, -0.2) is 23.1 Å². The number of pyridine rings is 1. The van der Waals surface area contributed by atoms with Crippen molar-refractivity contribution in [1.82, 2.24) is 19.7 Å². The Balaban J connectivity index is 1.33. The number of benzene rings is 1. The van der Waals surface area contributed by atoms with Crippen LogP contribution in [0.25, 0.3) is 21.6 Å². The fourth-order valence-electron chi connectivity index (χ4n) is 3.94. The Labute approximate surface area is 199 Å². The topological polar surface area (TPSA) is 141 Å². The average Bonchev–Trinajstić information content (AvgIpc) is 3.47. The molecule has 3 heterocycles. The summed E-state index contributed by atoms with van der Waals surface area (Å²) < 4.78 is 28.2. The van der Waals surface area contributed by atoms with E-state index in [-0.39, 0.29) is 22.8 Å². The molecule has 0 aliphatic heterocycles. The predicted octanol–water partition coefficient (Wildman–Crippen LogP) is 3.68. The lowest BCUT2D eigenvalue weighted by atomic mass is 9.87. The highest BCUT2D eigenvalue weighted by atomic mass is 32.2. The number of fused-ring (bicyclic) bond motifs is 1. The summed E-state index contributed by atoms with van der Waals surface area (Å²) in [5.74, 6) is -0.0953. The number of aromatic nitrogens is 3. The number of aromatic amines is 1. The van der Waals surface area contributed by atoms with Gasteiger partial charge in [-0.3, -0.25) is 4.79 Å². The van der Waals surface area contributed by atoms with Gasteiger partial charge in [0.1, 0.15) is 16.3 Å². The summed E-state index contributed by atoms with van der Waals surface area (Å²) in [6, 6.07) is 9.68. The molecule has 34 heavy (non-hydrogen) atoms. The van der Waals surface area contributed by atoms with Crippen molar-refractivity contribution in [2.75, 3.05) is 5.32 Å². The smallest absolute Gasteiger partial charge is 0.240 e. The third kappa shape index (κ3) is 4.19. The Morgan fingerprint density at radius 2 is 2.09 bits per heavy atom. The molecule has 0 radical (unpaired) electrons. The van der Waals surface area contributed by atoms with Crippen molar-refractivity contribution in [1.29, 1.82) is 5.26 Å². The highest BCUT2D eigenvalue weighted by molar-refractivity contribution is 7.89. The van der Waals surface area contributed by atoms with Gasteiger partial charge in [-0.2, -0.15) is 5.26 Å². The first-order valence-corrected chi connectivity index (χ1v) is 12.9. The number of carbonyl (C=O) groups is 1. The number of Topliss-reactive ketones (excluding diaryl/α,β-unsaturated/α-hetero) is 1. The minimum absolute atomic E-state index is 0.0460. The van der Waals surface area contributed by atoms with Crippen molar-refractivity contribution in [3.8, 4) is 16.6 Å². The molecule has 5 rings (SSSR count). The minimum Gasteiger partial charge on any atom is -0.381 e. The Morgan fingerprint density at radius 1 is 1.26 bits per heavy atom. The molecule has 1 aromatic carbocycles. The molecule has 0 unspecified atom stereocenters. The number of nitriles is 1. The van der Waals surface area contributed by atoms with Crippen LogP contribution in [0.5, 0.6) is 0 Å². The number of sulfonamides is 1. The first-order valence-electron chi connectivity index (χ1n) is 10.6. The highest BCUT2D eigenvalue weighted by Gasteiger charge is 2.33. The van der Waals surface area contributed by atoms with Gasteiger partial charge in [0.15, 0.2) is 5.78 Å². The second-order valence-electron chi connectivity index (χ2n) is 8.15. The molecule has 9 nitrogen and oxygen atoms in total. The van der Waals surface area contributed by atoms with Gasteiger partial charge in [-0.05, 0) is 37.1 Å². The molecule has 1 aliphatic carbocycles. The van der Waals surface area contributed by atoms with Crippen LogP contribution in [-0.2, 0) is 10.0 Å². The Morgan fingerprint density at radius 3 is 2.82 bits per heavy atom. The molecule has 1 saturated carbocycles. The Kier molecular flexibility index (Phi) is 5.65. The third-order valence-electron chi connectivity index (χ3n) is 5.76. The van der Waals surface area contributed by atoms with Crippen LogP contribution in [0, 0.1) is 11.3 Å². The molecule has 1 aliphatic rings. The lowest BCUT2D eigenvalue weighted by Gasteiger charge is -2.37. The Bertz CT molecular complexity index is 1540. The lowest BCUT2D eigenvalue weighted by molar-refractivity contribution is 0.101. The normalized spacial score (nSPS) is 17.8. The quantitative estimate of drug-likeness (QED) is 0.334. The van der Waals surface area contributed by atoms with E-state index in [2.05, 4.69) is 25.0 Å². The number of anilines is 1. The number of H-pyrrole nitrogens is 1. The van der Waals surface area contributed by atoms with E-state index in [9.17, 15) is 13.2 Å². The van der Waals surface area contributed by atoms with Crippen LogP contribution in [0.3, 0.4) is 0 Å². The first-order chi connectivity index (χ1) is 16.3.